The molecule has 8 heteroatoms. The van der Waals surface area contributed by atoms with Crippen LogP contribution in [0.2, 0.25) is 0 Å². The van der Waals surface area contributed by atoms with Crippen LogP contribution in [0.4, 0.5) is 0 Å². The lowest BCUT2D eigenvalue weighted by molar-refractivity contribution is 0.311. The lowest BCUT2D eigenvalue weighted by Gasteiger charge is -2.17. The largest absolute Gasteiger partial charge is 0.497 e. The highest BCUT2D eigenvalue weighted by Gasteiger charge is 2.09. The van der Waals surface area contributed by atoms with Crippen molar-refractivity contribution in [1.82, 2.24) is 10.6 Å². The molecule has 0 fully saturated rings. The Bertz CT molecular complexity index is 662. The molecule has 1 rings (SSSR count). The molecule has 0 amide bonds. The van der Waals surface area contributed by atoms with Crippen molar-refractivity contribution in [2.45, 2.75) is 32.7 Å². The van der Waals surface area contributed by atoms with Gasteiger partial charge in [-0.25, -0.2) is 8.42 Å². The molecular formula is C18H31N3O4S. The van der Waals surface area contributed by atoms with Crippen molar-refractivity contribution in [2.75, 3.05) is 38.8 Å². The minimum absolute atomic E-state index is 0.0237. The van der Waals surface area contributed by atoms with Gasteiger partial charge in [0.25, 0.3) is 0 Å². The average Bonchev–Trinajstić information content (AvgIpc) is 2.59. The van der Waals surface area contributed by atoms with Crippen LogP contribution >= 0.6 is 0 Å². The number of hydrogen-bond donors (Lipinski definition) is 2. The van der Waals surface area contributed by atoms with E-state index in [0.29, 0.717) is 25.5 Å². The van der Waals surface area contributed by atoms with Gasteiger partial charge >= 0.3 is 0 Å². The van der Waals surface area contributed by atoms with E-state index in [4.69, 9.17) is 9.47 Å². The van der Waals surface area contributed by atoms with Gasteiger partial charge in [-0.2, -0.15) is 0 Å². The Kier molecular flexibility index (Phi) is 9.87. The molecule has 0 aliphatic rings. The zero-order chi connectivity index (χ0) is 19.4. The van der Waals surface area contributed by atoms with Crippen LogP contribution in [0.1, 0.15) is 26.7 Å². The Labute approximate surface area is 157 Å². The van der Waals surface area contributed by atoms with Crippen LogP contribution in [0.15, 0.2) is 29.3 Å². The van der Waals surface area contributed by atoms with Crippen molar-refractivity contribution in [3.8, 4) is 11.5 Å². The maximum atomic E-state index is 11.3. The number of aliphatic imine (C=N–C) groups is 1. The fraction of sp³-hybridized carbons (Fsp3) is 0.611. The van der Waals surface area contributed by atoms with E-state index in [2.05, 4.69) is 15.6 Å². The second kappa shape index (κ2) is 11.6. The van der Waals surface area contributed by atoms with Crippen LogP contribution in [-0.4, -0.2) is 59.2 Å². The molecule has 1 aromatic carbocycles. The molecule has 0 saturated carbocycles. The Hall–Kier alpha value is -1.96. The predicted octanol–water partition coefficient (Wildman–Crippen LogP) is 1.84. The van der Waals surface area contributed by atoms with Crippen LogP contribution in [-0.2, 0) is 9.84 Å². The third-order valence-corrected chi connectivity index (χ3v) is 4.51. The molecule has 26 heavy (non-hydrogen) atoms. The van der Waals surface area contributed by atoms with Crippen LogP contribution in [0.3, 0.4) is 0 Å². The van der Waals surface area contributed by atoms with E-state index < -0.39 is 9.84 Å². The molecule has 0 aliphatic heterocycles. The Morgan fingerprint density at radius 3 is 2.69 bits per heavy atom. The summed E-state index contributed by atoms with van der Waals surface area (Å²) in [4.78, 5) is 4.50. The molecule has 148 valence electrons. The number of sulfone groups is 1. The summed E-state index contributed by atoms with van der Waals surface area (Å²) in [7, 11) is -1.32. The molecular weight excluding hydrogens is 354 g/mol. The van der Waals surface area contributed by atoms with E-state index >= 15 is 0 Å². The summed E-state index contributed by atoms with van der Waals surface area (Å²) in [5, 5.41) is 6.40. The fourth-order valence-corrected chi connectivity index (χ4v) is 2.93. The van der Waals surface area contributed by atoms with Gasteiger partial charge in [0.05, 0.1) is 19.5 Å². The van der Waals surface area contributed by atoms with Crippen molar-refractivity contribution >= 4 is 15.8 Å². The van der Waals surface area contributed by atoms with E-state index in [1.165, 1.54) is 6.26 Å². The smallest absolute Gasteiger partial charge is 0.191 e. The number of rotatable bonds is 11. The first-order chi connectivity index (χ1) is 12.3. The van der Waals surface area contributed by atoms with Gasteiger partial charge in [-0.05, 0) is 32.4 Å². The predicted molar refractivity (Wildman–Crippen MR) is 106 cm³/mol. The first-order valence-electron chi connectivity index (χ1n) is 8.83. The van der Waals surface area contributed by atoms with E-state index in [1.54, 1.807) is 7.11 Å². The van der Waals surface area contributed by atoms with Gasteiger partial charge in [-0.3, -0.25) is 4.99 Å². The third kappa shape index (κ3) is 10.1. The standard InChI is InChI=1S/C18H31N3O4S/c1-5-19-18(21-15(2)10-13-26(4,22)23)20-11-7-12-25-17-9-6-8-16(14-17)24-3/h6,8-9,14-15H,5,7,10-13H2,1-4H3,(H2,19,20,21). The van der Waals surface area contributed by atoms with Crippen molar-refractivity contribution in [1.29, 1.82) is 0 Å². The second-order valence-electron chi connectivity index (χ2n) is 6.11. The van der Waals surface area contributed by atoms with Gasteiger partial charge < -0.3 is 20.1 Å². The minimum atomic E-state index is -2.95. The number of hydrogen-bond acceptors (Lipinski definition) is 5. The number of nitrogens with zero attached hydrogens (tertiary/aromatic N) is 1. The van der Waals surface area contributed by atoms with Crippen molar-refractivity contribution in [2.24, 2.45) is 4.99 Å². The average molecular weight is 386 g/mol. The van der Waals surface area contributed by atoms with E-state index in [1.807, 2.05) is 38.1 Å². The summed E-state index contributed by atoms with van der Waals surface area (Å²) < 4.78 is 33.4. The van der Waals surface area contributed by atoms with Crippen molar-refractivity contribution in [3.05, 3.63) is 24.3 Å². The van der Waals surface area contributed by atoms with Crippen molar-refractivity contribution in [3.63, 3.8) is 0 Å². The molecule has 1 atom stereocenters. The summed E-state index contributed by atoms with van der Waals surface area (Å²) in [5.41, 5.74) is 0. The monoisotopic (exact) mass is 385 g/mol. The van der Waals surface area contributed by atoms with Crippen LogP contribution < -0.4 is 20.1 Å². The van der Waals surface area contributed by atoms with Gasteiger partial charge in [0.1, 0.15) is 21.3 Å². The maximum Gasteiger partial charge on any atom is 0.191 e. The summed E-state index contributed by atoms with van der Waals surface area (Å²) in [6.07, 6.45) is 2.56. The topological polar surface area (TPSA) is 89.0 Å². The second-order valence-corrected chi connectivity index (χ2v) is 8.37. The van der Waals surface area contributed by atoms with Gasteiger partial charge in [-0.1, -0.05) is 6.07 Å². The molecule has 0 radical (unpaired) electrons. The van der Waals surface area contributed by atoms with Crippen LogP contribution in [0.5, 0.6) is 11.5 Å². The number of benzene rings is 1. The summed E-state index contributed by atoms with van der Waals surface area (Å²) in [6.45, 7) is 5.84. The van der Waals surface area contributed by atoms with Crippen molar-refractivity contribution < 1.29 is 17.9 Å². The molecule has 2 N–H and O–H groups in total. The van der Waals surface area contributed by atoms with Crippen LogP contribution in [0.25, 0.3) is 0 Å². The lowest BCUT2D eigenvalue weighted by Crippen LogP contribution is -2.43. The Morgan fingerprint density at radius 1 is 1.31 bits per heavy atom. The Balaban J connectivity index is 2.38. The van der Waals surface area contributed by atoms with E-state index in [-0.39, 0.29) is 11.8 Å². The molecule has 0 aliphatic carbocycles. The number of guanidine groups is 1. The van der Waals surface area contributed by atoms with Gasteiger partial charge in [0.15, 0.2) is 5.96 Å². The molecule has 1 unspecified atom stereocenters. The molecule has 0 spiro atoms. The SMILES string of the molecule is CCNC(=NCCCOc1cccc(OC)c1)NC(C)CCS(C)(=O)=O. The fourth-order valence-electron chi connectivity index (χ4n) is 2.15. The first-order valence-corrected chi connectivity index (χ1v) is 10.9. The lowest BCUT2D eigenvalue weighted by atomic mass is 10.3. The highest BCUT2D eigenvalue weighted by Crippen LogP contribution is 2.18. The normalized spacial score (nSPS) is 13.2. The van der Waals surface area contributed by atoms with Gasteiger partial charge in [0.2, 0.25) is 0 Å². The molecule has 0 aromatic heterocycles. The number of ether oxygens (including phenoxy) is 2. The summed E-state index contributed by atoms with van der Waals surface area (Å²) >= 11 is 0. The van der Waals surface area contributed by atoms with Gasteiger partial charge in [0, 0.05) is 37.9 Å². The van der Waals surface area contributed by atoms with E-state index in [9.17, 15) is 8.42 Å². The zero-order valence-electron chi connectivity index (χ0n) is 16.1. The molecule has 0 heterocycles. The van der Waals surface area contributed by atoms with Gasteiger partial charge in [-0.15, -0.1) is 0 Å². The van der Waals surface area contributed by atoms with E-state index in [0.717, 1.165) is 24.5 Å². The molecule has 1 aromatic rings. The summed E-state index contributed by atoms with van der Waals surface area (Å²) in [5.74, 6) is 2.39. The highest BCUT2D eigenvalue weighted by molar-refractivity contribution is 7.90. The molecule has 7 nitrogen and oxygen atoms in total. The minimum Gasteiger partial charge on any atom is -0.497 e. The zero-order valence-corrected chi connectivity index (χ0v) is 16.9. The first kappa shape index (κ1) is 22.1. The summed E-state index contributed by atoms with van der Waals surface area (Å²) in [6, 6.07) is 7.52. The maximum absolute atomic E-state index is 11.3. The molecule has 0 saturated heterocycles. The highest BCUT2D eigenvalue weighted by atomic mass is 32.2. The van der Waals surface area contributed by atoms with Crippen LogP contribution in [0, 0.1) is 0 Å². The number of methoxy groups -OCH3 is 1. The number of nitrogens with one attached hydrogen (secondary N) is 2. The quantitative estimate of drug-likeness (QED) is 0.343. The molecule has 0 bridgehead atoms. The third-order valence-electron chi connectivity index (χ3n) is 3.53. The Morgan fingerprint density at radius 2 is 2.04 bits per heavy atom.